The monoisotopic (exact) mass is 203 g/mol. The first kappa shape index (κ1) is 12.9. The van der Waals surface area contributed by atoms with Crippen LogP contribution < -0.4 is 5.73 Å². The number of hydrogen-bond acceptors (Lipinski definition) is 4. The highest BCUT2D eigenvalue weighted by Crippen LogP contribution is 2.14. The molecule has 0 aliphatic heterocycles. The lowest BCUT2D eigenvalue weighted by Gasteiger charge is -2.21. The third-order valence-electron chi connectivity index (χ3n) is 1.95. The number of rotatable bonds is 6. The van der Waals surface area contributed by atoms with E-state index in [0.29, 0.717) is 6.42 Å². The third kappa shape index (κ3) is 2.99. The molecule has 0 aromatic heterocycles. The summed E-state index contributed by atoms with van der Waals surface area (Å²) in [5.74, 6) is -2.19. The van der Waals surface area contributed by atoms with E-state index in [1.165, 1.54) is 0 Å². The molecule has 5 nitrogen and oxygen atoms in total. The zero-order valence-electron chi connectivity index (χ0n) is 8.58. The first-order valence-electron chi connectivity index (χ1n) is 4.68. The maximum Gasteiger partial charge on any atom is 0.337 e. The Bertz CT molecular complexity index is 217. The van der Waals surface area contributed by atoms with Crippen molar-refractivity contribution in [1.29, 1.82) is 0 Å². The quantitative estimate of drug-likeness (QED) is 0.485. The van der Waals surface area contributed by atoms with E-state index in [-0.39, 0.29) is 13.0 Å². The van der Waals surface area contributed by atoms with Crippen LogP contribution in [0.15, 0.2) is 0 Å². The van der Waals surface area contributed by atoms with Crippen molar-refractivity contribution in [2.45, 2.75) is 38.6 Å². The Labute approximate surface area is 83.2 Å². The summed E-state index contributed by atoms with van der Waals surface area (Å²) in [5.41, 5.74) is 3.60. The lowest BCUT2D eigenvalue weighted by molar-refractivity contribution is -0.161. The Hall–Kier alpha value is -1.10. The normalized spacial score (nSPS) is 14.5. The van der Waals surface area contributed by atoms with Crippen LogP contribution in [0.4, 0.5) is 0 Å². The fourth-order valence-electron chi connectivity index (χ4n) is 1.01. The van der Waals surface area contributed by atoms with Crippen LogP contribution in [0.5, 0.6) is 0 Å². The highest BCUT2D eigenvalue weighted by Gasteiger charge is 2.43. The van der Waals surface area contributed by atoms with Gasteiger partial charge in [-0.3, -0.25) is 0 Å². The second-order valence-electron chi connectivity index (χ2n) is 3.10. The smallest absolute Gasteiger partial charge is 0.337 e. The molecule has 1 unspecified atom stereocenters. The van der Waals surface area contributed by atoms with Gasteiger partial charge in [-0.15, -0.1) is 0 Å². The first-order valence-corrected chi connectivity index (χ1v) is 4.68. The van der Waals surface area contributed by atoms with Gasteiger partial charge in [-0.25, -0.2) is 9.59 Å². The fourth-order valence-corrected chi connectivity index (χ4v) is 1.01. The van der Waals surface area contributed by atoms with Crippen LogP contribution in [0.25, 0.3) is 0 Å². The first-order chi connectivity index (χ1) is 6.49. The van der Waals surface area contributed by atoms with Crippen molar-refractivity contribution in [2.75, 3.05) is 6.61 Å². The molecule has 0 radical (unpaired) electrons. The molecule has 0 saturated carbocycles. The Morgan fingerprint density at radius 1 is 1.43 bits per heavy atom. The number of nitrogens with two attached hydrogens (primary N) is 1. The van der Waals surface area contributed by atoms with Gasteiger partial charge in [0.1, 0.15) is 0 Å². The van der Waals surface area contributed by atoms with Gasteiger partial charge >= 0.3 is 11.9 Å². The van der Waals surface area contributed by atoms with E-state index in [1.807, 2.05) is 6.92 Å². The molecule has 1 atom stereocenters. The lowest BCUT2D eigenvalue weighted by atomic mass is 9.94. The number of carboxylic acids is 1. The zero-order valence-corrected chi connectivity index (χ0v) is 8.58. The number of aliphatic carboxylic acids is 1. The van der Waals surface area contributed by atoms with Gasteiger partial charge in [0.15, 0.2) is 0 Å². The summed E-state index contributed by atoms with van der Waals surface area (Å²) in [6.45, 7) is 3.64. The van der Waals surface area contributed by atoms with Crippen LogP contribution in [0, 0.1) is 0 Å². The van der Waals surface area contributed by atoms with Gasteiger partial charge in [0, 0.05) is 0 Å². The molecule has 0 spiro atoms. The lowest BCUT2D eigenvalue weighted by Crippen LogP contribution is -2.55. The van der Waals surface area contributed by atoms with Gasteiger partial charge in [-0.2, -0.15) is 0 Å². The van der Waals surface area contributed by atoms with Crippen molar-refractivity contribution in [3.63, 3.8) is 0 Å². The van der Waals surface area contributed by atoms with Gasteiger partial charge in [-0.05, 0) is 13.3 Å². The van der Waals surface area contributed by atoms with Crippen molar-refractivity contribution in [3.05, 3.63) is 0 Å². The third-order valence-corrected chi connectivity index (χ3v) is 1.95. The highest BCUT2D eigenvalue weighted by atomic mass is 16.5. The Morgan fingerprint density at radius 3 is 2.36 bits per heavy atom. The molecule has 0 aromatic rings. The number of ether oxygens (including phenoxy) is 1. The molecule has 14 heavy (non-hydrogen) atoms. The summed E-state index contributed by atoms with van der Waals surface area (Å²) in [7, 11) is 0. The van der Waals surface area contributed by atoms with Crippen molar-refractivity contribution < 1.29 is 19.4 Å². The van der Waals surface area contributed by atoms with E-state index < -0.39 is 17.5 Å². The molecule has 5 heteroatoms. The van der Waals surface area contributed by atoms with Gasteiger partial charge in [0.2, 0.25) is 5.54 Å². The van der Waals surface area contributed by atoms with Gasteiger partial charge in [0.05, 0.1) is 6.61 Å². The zero-order chi connectivity index (χ0) is 11.2. The maximum atomic E-state index is 11.3. The average Bonchev–Trinajstić information content (AvgIpc) is 2.14. The highest BCUT2D eigenvalue weighted by molar-refractivity contribution is 6.03. The minimum atomic E-state index is -1.88. The predicted octanol–water partition coefficient (Wildman–Crippen LogP) is 0.522. The Kier molecular flexibility index (Phi) is 5.15. The van der Waals surface area contributed by atoms with Gasteiger partial charge < -0.3 is 15.6 Å². The maximum absolute atomic E-state index is 11.3. The van der Waals surface area contributed by atoms with Crippen molar-refractivity contribution in [2.24, 2.45) is 5.73 Å². The van der Waals surface area contributed by atoms with E-state index in [9.17, 15) is 9.59 Å². The second kappa shape index (κ2) is 5.59. The minimum absolute atomic E-state index is 0.109. The Morgan fingerprint density at radius 2 is 2.00 bits per heavy atom. The molecule has 0 rings (SSSR count). The molecule has 0 bridgehead atoms. The van der Waals surface area contributed by atoms with Crippen molar-refractivity contribution >= 4 is 11.9 Å². The standard InChI is InChI=1S/C9H17NO4/c1-3-5-6-9(10,7(11)12)8(13)14-4-2/h3-6,10H2,1-2H3,(H,11,12). The summed E-state index contributed by atoms with van der Waals surface area (Å²) in [5, 5.41) is 8.83. The van der Waals surface area contributed by atoms with Crippen LogP contribution in [0.3, 0.4) is 0 Å². The second-order valence-corrected chi connectivity index (χ2v) is 3.10. The SMILES string of the molecule is CCCCC(N)(C(=O)O)C(=O)OCC. The summed E-state index contributed by atoms with van der Waals surface area (Å²) >= 11 is 0. The number of carbonyl (C=O) groups is 2. The summed E-state index contributed by atoms with van der Waals surface area (Å²) in [6, 6.07) is 0. The van der Waals surface area contributed by atoms with Crippen LogP contribution >= 0.6 is 0 Å². The molecular formula is C9H17NO4. The van der Waals surface area contributed by atoms with E-state index in [2.05, 4.69) is 4.74 Å². The average molecular weight is 203 g/mol. The topological polar surface area (TPSA) is 89.6 Å². The van der Waals surface area contributed by atoms with E-state index in [4.69, 9.17) is 10.8 Å². The molecule has 0 aliphatic rings. The van der Waals surface area contributed by atoms with Gasteiger partial charge in [-0.1, -0.05) is 19.8 Å². The van der Waals surface area contributed by atoms with Crippen LogP contribution in [0.1, 0.15) is 33.1 Å². The molecule has 0 heterocycles. The fraction of sp³-hybridized carbons (Fsp3) is 0.778. The number of esters is 1. The number of unbranched alkanes of at least 4 members (excludes halogenated alkanes) is 1. The number of carbonyl (C=O) groups excluding carboxylic acids is 1. The van der Waals surface area contributed by atoms with Crippen LogP contribution in [0.2, 0.25) is 0 Å². The number of carboxylic acid groups (broad SMARTS) is 1. The molecule has 3 N–H and O–H groups in total. The van der Waals surface area contributed by atoms with Crippen molar-refractivity contribution in [1.82, 2.24) is 0 Å². The predicted molar refractivity (Wildman–Crippen MR) is 50.7 cm³/mol. The summed E-state index contributed by atoms with van der Waals surface area (Å²) in [6.07, 6.45) is 1.48. The molecule has 0 fully saturated rings. The molecule has 0 saturated heterocycles. The molecule has 0 aromatic carbocycles. The molecule has 82 valence electrons. The van der Waals surface area contributed by atoms with E-state index in [1.54, 1.807) is 6.92 Å². The minimum Gasteiger partial charge on any atom is -0.479 e. The Balaban J connectivity index is 4.53. The van der Waals surface area contributed by atoms with E-state index >= 15 is 0 Å². The largest absolute Gasteiger partial charge is 0.479 e. The molecule has 0 aliphatic carbocycles. The van der Waals surface area contributed by atoms with Crippen molar-refractivity contribution in [3.8, 4) is 0 Å². The van der Waals surface area contributed by atoms with Gasteiger partial charge in [0.25, 0.3) is 0 Å². The van der Waals surface area contributed by atoms with Crippen LogP contribution in [-0.2, 0) is 14.3 Å². The van der Waals surface area contributed by atoms with E-state index in [0.717, 1.165) is 6.42 Å². The molecule has 0 amide bonds. The summed E-state index contributed by atoms with van der Waals surface area (Å²) < 4.78 is 4.62. The summed E-state index contributed by atoms with van der Waals surface area (Å²) in [4.78, 5) is 22.1. The number of hydrogen-bond donors (Lipinski definition) is 2. The van der Waals surface area contributed by atoms with Crippen LogP contribution in [-0.4, -0.2) is 29.2 Å². The molecular weight excluding hydrogens is 186 g/mol.